The third kappa shape index (κ3) is 2.40. The van der Waals surface area contributed by atoms with Crippen LogP contribution in [0.2, 0.25) is 0 Å². The molecule has 19 heavy (non-hydrogen) atoms. The molecule has 2 N–H and O–H groups in total. The zero-order valence-corrected chi connectivity index (χ0v) is 12.2. The highest BCUT2D eigenvalue weighted by Gasteiger charge is 2.24. The van der Waals surface area contributed by atoms with Crippen molar-refractivity contribution in [1.82, 2.24) is 4.98 Å². The molecule has 0 aliphatic carbocycles. The SMILES string of the molecule is COCC1CCN(c2cc3nc(C)sc3cc2N)C1. The number of fused-ring (bicyclic) bond motifs is 1. The van der Waals surface area contributed by atoms with Gasteiger partial charge >= 0.3 is 0 Å². The van der Waals surface area contributed by atoms with Gasteiger partial charge in [-0.3, -0.25) is 0 Å². The monoisotopic (exact) mass is 277 g/mol. The van der Waals surface area contributed by atoms with Crippen molar-refractivity contribution in [3.63, 3.8) is 0 Å². The van der Waals surface area contributed by atoms with Gasteiger partial charge in [-0.2, -0.15) is 0 Å². The maximum absolute atomic E-state index is 6.20. The average Bonchev–Trinajstić information content (AvgIpc) is 2.94. The number of aromatic nitrogens is 1. The minimum absolute atomic E-state index is 0.609. The first-order chi connectivity index (χ1) is 9.17. The Labute approximate surface area is 117 Å². The van der Waals surface area contributed by atoms with Gasteiger partial charge in [0.2, 0.25) is 0 Å². The Morgan fingerprint density at radius 3 is 3.16 bits per heavy atom. The summed E-state index contributed by atoms with van der Waals surface area (Å²) in [6.45, 7) is 4.93. The number of rotatable bonds is 3. The molecular weight excluding hydrogens is 258 g/mol. The lowest BCUT2D eigenvalue weighted by Gasteiger charge is -2.20. The lowest BCUT2D eigenvalue weighted by molar-refractivity contribution is 0.161. The molecule has 0 bridgehead atoms. The largest absolute Gasteiger partial charge is 0.397 e. The van der Waals surface area contributed by atoms with Crippen LogP contribution in [0.3, 0.4) is 0 Å². The summed E-state index contributed by atoms with van der Waals surface area (Å²) in [6.07, 6.45) is 1.17. The van der Waals surface area contributed by atoms with Crippen molar-refractivity contribution in [3.05, 3.63) is 17.1 Å². The summed E-state index contributed by atoms with van der Waals surface area (Å²) in [7, 11) is 1.77. The number of hydrogen-bond acceptors (Lipinski definition) is 5. The lowest BCUT2D eigenvalue weighted by atomic mass is 10.1. The van der Waals surface area contributed by atoms with Crippen molar-refractivity contribution in [2.75, 3.05) is 37.4 Å². The van der Waals surface area contributed by atoms with E-state index in [1.54, 1.807) is 18.4 Å². The van der Waals surface area contributed by atoms with Gasteiger partial charge < -0.3 is 15.4 Å². The van der Waals surface area contributed by atoms with Crippen LogP contribution < -0.4 is 10.6 Å². The fourth-order valence-corrected chi connectivity index (χ4v) is 3.65. The van der Waals surface area contributed by atoms with Crippen molar-refractivity contribution in [2.45, 2.75) is 13.3 Å². The van der Waals surface area contributed by atoms with Gasteiger partial charge in [0.1, 0.15) is 0 Å². The summed E-state index contributed by atoms with van der Waals surface area (Å²) in [6, 6.07) is 4.18. The maximum Gasteiger partial charge on any atom is 0.0907 e. The van der Waals surface area contributed by atoms with Crippen LogP contribution in [0.15, 0.2) is 12.1 Å². The fourth-order valence-electron chi connectivity index (χ4n) is 2.79. The van der Waals surface area contributed by atoms with Crippen LogP contribution >= 0.6 is 11.3 Å². The number of thiazole rings is 1. The molecule has 1 aliphatic heterocycles. The molecule has 2 heterocycles. The topological polar surface area (TPSA) is 51.4 Å². The minimum atomic E-state index is 0.609. The van der Waals surface area contributed by atoms with Crippen molar-refractivity contribution < 1.29 is 4.74 Å². The molecule has 1 fully saturated rings. The van der Waals surface area contributed by atoms with Gasteiger partial charge in [-0.1, -0.05) is 0 Å². The van der Waals surface area contributed by atoms with E-state index in [0.29, 0.717) is 5.92 Å². The summed E-state index contributed by atoms with van der Waals surface area (Å²) in [5.74, 6) is 0.609. The van der Waals surface area contributed by atoms with Gasteiger partial charge in [0.15, 0.2) is 0 Å². The van der Waals surface area contributed by atoms with E-state index in [-0.39, 0.29) is 0 Å². The Morgan fingerprint density at radius 1 is 1.53 bits per heavy atom. The second-order valence-electron chi connectivity index (χ2n) is 5.17. The number of nitrogens with two attached hydrogens (primary N) is 1. The maximum atomic E-state index is 6.20. The van der Waals surface area contributed by atoms with Gasteiger partial charge in [-0.25, -0.2) is 4.98 Å². The molecule has 1 atom stereocenters. The van der Waals surface area contributed by atoms with Crippen LogP contribution in [0.5, 0.6) is 0 Å². The summed E-state index contributed by atoms with van der Waals surface area (Å²) in [5, 5.41) is 1.09. The number of nitrogen functional groups attached to an aromatic ring is 1. The number of aryl methyl sites for hydroxylation is 1. The van der Waals surface area contributed by atoms with Crippen LogP contribution in [-0.4, -0.2) is 31.8 Å². The summed E-state index contributed by atoms with van der Waals surface area (Å²) in [4.78, 5) is 6.91. The molecule has 0 spiro atoms. The second kappa shape index (κ2) is 4.98. The molecule has 0 amide bonds. The smallest absolute Gasteiger partial charge is 0.0907 e. The molecule has 3 rings (SSSR count). The Kier molecular flexibility index (Phi) is 3.33. The van der Waals surface area contributed by atoms with E-state index in [1.807, 2.05) is 6.92 Å². The van der Waals surface area contributed by atoms with Gasteiger partial charge in [-0.05, 0) is 25.5 Å². The van der Waals surface area contributed by atoms with E-state index >= 15 is 0 Å². The van der Waals surface area contributed by atoms with Crippen LogP contribution in [0.25, 0.3) is 10.2 Å². The molecule has 5 heteroatoms. The fraction of sp³-hybridized carbons (Fsp3) is 0.500. The first-order valence-corrected chi connectivity index (χ1v) is 7.39. The number of hydrogen-bond donors (Lipinski definition) is 1. The molecule has 2 aromatic rings. The van der Waals surface area contributed by atoms with E-state index in [0.717, 1.165) is 41.6 Å². The second-order valence-corrected chi connectivity index (χ2v) is 6.40. The molecule has 1 aromatic carbocycles. The zero-order chi connectivity index (χ0) is 13.4. The van der Waals surface area contributed by atoms with Crippen molar-refractivity contribution in [1.29, 1.82) is 0 Å². The summed E-state index contributed by atoms with van der Waals surface area (Å²) >= 11 is 1.70. The first-order valence-electron chi connectivity index (χ1n) is 6.58. The average molecular weight is 277 g/mol. The van der Waals surface area contributed by atoms with E-state index in [9.17, 15) is 0 Å². The molecule has 1 unspecified atom stereocenters. The number of nitrogens with zero attached hydrogens (tertiary/aromatic N) is 2. The third-order valence-electron chi connectivity index (χ3n) is 3.67. The van der Waals surface area contributed by atoms with Crippen LogP contribution in [-0.2, 0) is 4.74 Å². The minimum Gasteiger partial charge on any atom is -0.397 e. The van der Waals surface area contributed by atoms with Gasteiger partial charge in [-0.15, -0.1) is 11.3 Å². The molecular formula is C14H19N3OS. The molecule has 1 saturated heterocycles. The Balaban J connectivity index is 1.90. The van der Waals surface area contributed by atoms with Gasteiger partial charge in [0.05, 0.1) is 33.2 Å². The highest BCUT2D eigenvalue weighted by molar-refractivity contribution is 7.18. The quantitative estimate of drug-likeness (QED) is 0.876. The van der Waals surface area contributed by atoms with E-state index in [2.05, 4.69) is 22.0 Å². The predicted octanol–water partition coefficient (Wildman–Crippen LogP) is 2.66. The van der Waals surface area contributed by atoms with Crippen molar-refractivity contribution in [3.8, 4) is 0 Å². The van der Waals surface area contributed by atoms with Crippen molar-refractivity contribution >= 4 is 32.9 Å². The van der Waals surface area contributed by atoms with Crippen molar-refractivity contribution in [2.24, 2.45) is 5.92 Å². The van der Waals surface area contributed by atoms with E-state index < -0.39 is 0 Å². The lowest BCUT2D eigenvalue weighted by Crippen LogP contribution is -2.22. The highest BCUT2D eigenvalue weighted by Crippen LogP contribution is 2.34. The first kappa shape index (κ1) is 12.7. The summed E-state index contributed by atoms with van der Waals surface area (Å²) in [5.41, 5.74) is 9.24. The van der Waals surface area contributed by atoms with Gasteiger partial charge in [0, 0.05) is 26.1 Å². The van der Waals surface area contributed by atoms with E-state index in [1.165, 1.54) is 11.1 Å². The van der Waals surface area contributed by atoms with Crippen LogP contribution in [0, 0.1) is 12.8 Å². The normalized spacial score (nSPS) is 19.5. The Morgan fingerprint density at radius 2 is 2.37 bits per heavy atom. The Hall–Kier alpha value is -1.33. The number of anilines is 2. The molecule has 0 saturated carbocycles. The highest BCUT2D eigenvalue weighted by atomic mass is 32.1. The Bertz CT molecular complexity index is 596. The molecule has 0 radical (unpaired) electrons. The van der Waals surface area contributed by atoms with Gasteiger partial charge in [0.25, 0.3) is 0 Å². The number of methoxy groups -OCH3 is 1. The zero-order valence-electron chi connectivity index (χ0n) is 11.3. The third-order valence-corrected chi connectivity index (χ3v) is 4.61. The molecule has 4 nitrogen and oxygen atoms in total. The van der Waals surface area contributed by atoms with E-state index in [4.69, 9.17) is 10.5 Å². The standard InChI is InChI=1S/C14H19N3OS/c1-9-16-12-6-13(11(15)5-14(12)19-9)17-4-3-10(7-17)8-18-2/h5-6,10H,3-4,7-8,15H2,1-2H3. The predicted molar refractivity (Wildman–Crippen MR) is 81.0 cm³/mol. The van der Waals surface area contributed by atoms with Crippen LogP contribution in [0.4, 0.5) is 11.4 Å². The van der Waals surface area contributed by atoms with Crippen LogP contribution in [0.1, 0.15) is 11.4 Å². The number of benzene rings is 1. The number of ether oxygens (including phenoxy) is 1. The molecule has 1 aliphatic rings. The summed E-state index contributed by atoms with van der Waals surface area (Å²) < 4.78 is 6.42. The molecule has 102 valence electrons. The molecule has 1 aromatic heterocycles.